The first kappa shape index (κ1) is 11.4. The molecular formula is C12H19NO3. The second-order valence-corrected chi connectivity index (χ2v) is 4.74. The first-order valence-electron chi connectivity index (χ1n) is 6.14. The maximum absolute atomic E-state index is 11.6. The Balaban J connectivity index is 1.92. The summed E-state index contributed by atoms with van der Waals surface area (Å²) in [6.45, 7) is 3.72. The van der Waals surface area contributed by atoms with Crippen molar-refractivity contribution in [3.8, 4) is 0 Å². The number of Topliss-reactive ketones (excluding diaryl/α,β-unsaturated/α-hetero) is 1. The van der Waals surface area contributed by atoms with Crippen LogP contribution >= 0.6 is 0 Å². The first-order chi connectivity index (χ1) is 7.70. The van der Waals surface area contributed by atoms with Crippen molar-refractivity contribution in [3.05, 3.63) is 0 Å². The maximum Gasteiger partial charge on any atom is 0.409 e. The van der Waals surface area contributed by atoms with Gasteiger partial charge in [-0.3, -0.25) is 4.79 Å². The molecule has 1 aliphatic carbocycles. The molecule has 0 aromatic carbocycles. The van der Waals surface area contributed by atoms with Crippen molar-refractivity contribution in [2.45, 2.75) is 32.6 Å². The Labute approximate surface area is 95.9 Å². The molecule has 2 atom stereocenters. The molecule has 1 amide bonds. The van der Waals surface area contributed by atoms with Gasteiger partial charge in [0.2, 0.25) is 0 Å². The third-order valence-corrected chi connectivity index (χ3v) is 3.70. The van der Waals surface area contributed by atoms with E-state index in [0.29, 0.717) is 37.2 Å². The minimum absolute atomic E-state index is 0.223. The Morgan fingerprint density at radius 3 is 3.00 bits per heavy atom. The largest absolute Gasteiger partial charge is 0.450 e. The number of nitrogens with zero attached hydrogens (tertiary/aromatic N) is 1. The molecule has 1 aliphatic heterocycles. The zero-order chi connectivity index (χ0) is 11.5. The smallest absolute Gasteiger partial charge is 0.409 e. The van der Waals surface area contributed by atoms with Crippen LogP contribution in [0.25, 0.3) is 0 Å². The average Bonchev–Trinajstić information content (AvgIpc) is 2.28. The number of fused-ring (bicyclic) bond motifs is 1. The van der Waals surface area contributed by atoms with E-state index in [0.717, 1.165) is 25.8 Å². The van der Waals surface area contributed by atoms with Crippen LogP contribution in [0, 0.1) is 11.8 Å². The number of amides is 1. The molecule has 0 bridgehead atoms. The summed E-state index contributed by atoms with van der Waals surface area (Å²) in [5.74, 6) is 1.37. The molecule has 2 fully saturated rings. The molecule has 0 spiro atoms. The van der Waals surface area contributed by atoms with Gasteiger partial charge in [0.05, 0.1) is 6.61 Å². The van der Waals surface area contributed by atoms with Crippen LogP contribution in [-0.2, 0) is 9.53 Å². The molecule has 90 valence electrons. The van der Waals surface area contributed by atoms with Crippen LogP contribution in [0.1, 0.15) is 32.6 Å². The molecule has 1 unspecified atom stereocenters. The van der Waals surface area contributed by atoms with Gasteiger partial charge in [0.1, 0.15) is 5.78 Å². The summed E-state index contributed by atoms with van der Waals surface area (Å²) in [5, 5.41) is 0. The fraction of sp³-hybridized carbons (Fsp3) is 0.833. The molecule has 2 aliphatic rings. The van der Waals surface area contributed by atoms with E-state index in [1.807, 2.05) is 6.92 Å². The molecule has 0 radical (unpaired) electrons. The molecule has 4 nitrogen and oxygen atoms in total. The SMILES string of the molecule is CCOC(=O)N1CCC2CCC(=O)C[C@H]2C1. The van der Waals surface area contributed by atoms with Crippen LogP contribution in [0.15, 0.2) is 0 Å². The highest BCUT2D eigenvalue weighted by molar-refractivity contribution is 5.79. The monoisotopic (exact) mass is 225 g/mol. The van der Waals surface area contributed by atoms with Gasteiger partial charge in [-0.15, -0.1) is 0 Å². The summed E-state index contributed by atoms with van der Waals surface area (Å²) in [6, 6.07) is 0. The summed E-state index contributed by atoms with van der Waals surface area (Å²) in [5.41, 5.74) is 0. The minimum atomic E-state index is -0.223. The van der Waals surface area contributed by atoms with E-state index < -0.39 is 0 Å². The second-order valence-electron chi connectivity index (χ2n) is 4.74. The predicted octanol–water partition coefficient (Wildman–Crippen LogP) is 1.83. The van der Waals surface area contributed by atoms with E-state index in [-0.39, 0.29) is 6.09 Å². The zero-order valence-electron chi connectivity index (χ0n) is 9.78. The predicted molar refractivity (Wildman–Crippen MR) is 59.1 cm³/mol. The molecule has 4 heteroatoms. The van der Waals surface area contributed by atoms with Crippen molar-refractivity contribution >= 4 is 11.9 Å². The summed E-state index contributed by atoms with van der Waals surface area (Å²) in [4.78, 5) is 24.7. The van der Waals surface area contributed by atoms with E-state index in [9.17, 15) is 9.59 Å². The van der Waals surface area contributed by atoms with Gasteiger partial charge >= 0.3 is 6.09 Å². The lowest BCUT2D eigenvalue weighted by Crippen LogP contribution is -2.46. The van der Waals surface area contributed by atoms with Crippen LogP contribution in [0.3, 0.4) is 0 Å². The molecule has 0 N–H and O–H groups in total. The summed E-state index contributed by atoms with van der Waals surface area (Å²) >= 11 is 0. The van der Waals surface area contributed by atoms with Crippen LogP contribution < -0.4 is 0 Å². The zero-order valence-corrected chi connectivity index (χ0v) is 9.78. The Hall–Kier alpha value is -1.06. The second kappa shape index (κ2) is 4.85. The van der Waals surface area contributed by atoms with E-state index in [4.69, 9.17) is 4.74 Å². The van der Waals surface area contributed by atoms with Crippen molar-refractivity contribution in [2.75, 3.05) is 19.7 Å². The number of piperidine rings is 1. The molecule has 2 rings (SSSR count). The molecule has 1 saturated heterocycles. The number of carbonyl (C=O) groups is 2. The number of carbonyl (C=O) groups excluding carboxylic acids is 2. The highest BCUT2D eigenvalue weighted by Gasteiger charge is 2.35. The van der Waals surface area contributed by atoms with E-state index in [1.165, 1.54) is 0 Å². The van der Waals surface area contributed by atoms with Gasteiger partial charge in [-0.1, -0.05) is 0 Å². The Bertz CT molecular complexity index is 290. The van der Waals surface area contributed by atoms with Gasteiger partial charge in [0.15, 0.2) is 0 Å². The van der Waals surface area contributed by atoms with Crippen LogP contribution in [0.4, 0.5) is 4.79 Å². The maximum atomic E-state index is 11.6. The fourth-order valence-electron chi connectivity index (χ4n) is 2.81. The number of hydrogen-bond acceptors (Lipinski definition) is 3. The Kier molecular flexibility index (Phi) is 3.46. The molecular weight excluding hydrogens is 206 g/mol. The Morgan fingerprint density at radius 1 is 1.44 bits per heavy atom. The lowest BCUT2D eigenvalue weighted by Gasteiger charge is -2.40. The standard InChI is InChI=1S/C12H19NO3/c1-2-16-12(15)13-6-5-9-3-4-11(14)7-10(9)8-13/h9-10H,2-8H2,1H3/t9?,10-/m0/s1. The van der Waals surface area contributed by atoms with Gasteiger partial charge in [0.25, 0.3) is 0 Å². The quantitative estimate of drug-likeness (QED) is 0.684. The van der Waals surface area contributed by atoms with Crippen molar-refractivity contribution in [2.24, 2.45) is 11.8 Å². The number of ketones is 1. The minimum Gasteiger partial charge on any atom is -0.450 e. The van der Waals surface area contributed by atoms with Crippen molar-refractivity contribution in [1.82, 2.24) is 4.90 Å². The Morgan fingerprint density at radius 2 is 2.25 bits per heavy atom. The van der Waals surface area contributed by atoms with Gasteiger partial charge in [-0.2, -0.15) is 0 Å². The van der Waals surface area contributed by atoms with Gasteiger partial charge < -0.3 is 9.64 Å². The third kappa shape index (κ3) is 2.36. The van der Waals surface area contributed by atoms with Crippen molar-refractivity contribution in [3.63, 3.8) is 0 Å². The van der Waals surface area contributed by atoms with Gasteiger partial charge in [-0.25, -0.2) is 4.79 Å². The van der Waals surface area contributed by atoms with E-state index in [1.54, 1.807) is 4.90 Å². The highest BCUT2D eigenvalue weighted by atomic mass is 16.6. The normalized spacial score (nSPS) is 29.8. The summed E-state index contributed by atoms with van der Waals surface area (Å²) < 4.78 is 4.99. The average molecular weight is 225 g/mol. The lowest BCUT2D eigenvalue weighted by molar-refractivity contribution is -0.123. The van der Waals surface area contributed by atoms with Crippen molar-refractivity contribution < 1.29 is 14.3 Å². The van der Waals surface area contributed by atoms with Gasteiger partial charge in [0, 0.05) is 25.9 Å². The van der Waals surface area contributed by atoms with E-state index >= 15 is 0 Å². The first-order valence-corrected chi connectivity index (χ1v) is 6.14. The van der Waals surface area contributed by atoms with Crippen LogP contribution in [0.2, 0.25) is 0 Å². The highest BCUT2D eigenvalue weighted by Crippen LogP contribution is 2.34. The molecule has 1 heterocycles. The molecule has 0 aromatic heterocycles. The summed E-state index contributed by atoms with van der Waals surface area (Å²) in [7, 11) is 0. The topological polar surface area (TPSA) is 46.6 Å². The molecule has 0 aromatic rings. The van der Waals surface area contributed by atoms with Crippen molar-refractivity contribution in [1.29, 1.82) is 0 Å². The van der Waals surface area contributed by atoms with Crippen LogP contribution in [0.5, 0.6) is 0 Å². The van der Waals surface area contributed by atoms with E-state index in [2.05, 4.69) is 0 Å². The number of likely N-dealkylation sites (tertiary alicyclic amines) is 1. The third-order valence-electron chi connectivity index (χ3n) is 3.70. The summed E-state index contributed by atoms with van der Waals surface area (Å²) in [6.07, 6.45) is 3.21. The number of hydrogen-bond donors (Lipinski definition) is 0. The van der Waals surface area contributed by atoms with Gasteiger partial charge in [-0.05, 0) is 31.6 Å². The number of rotatable bonds is 1. The fourth-order valence-corrected chi connectivity index (χ4v) is 2.81. The lowest BCUT2D eigenvalue weighted by atomic mass is 9.75. The molecule has 1 saturated carbocycles. The number of ether oxygens (including phenoxy) is 1. The molecule has 16 heavy (non-hydrogen) atoms. The van der Waals surface area contributed by atoms with Crippen LogP contribution in [-0.4, -0.2) is 36.5 Å².